The van der Waals surface area contributed by atoms with Crippen LogP contribution in [0.3, 0.4) is 0 Å². The van der Waals surface area contributed by atoms with E-state index in [9.17, 15) is 9.18 Å². The number of rotatable bonds is 4. The Morgan fingerprint density at radius 3 is 2.34 bits per heavy atom. The standard InChI is InChI=1S/C23H17FN2O3/c1-14-5-3-4-6-18(14)15-7-9-16(10-8-15)22-25-21(26-29-22)17-11-12-19(20(24)13-17)23(27)28-2/h3-13H,1-2H3. The largest absolute Gasteiger partial charge is 0.465 e. The van der Waals surface area contributed by atoms with Crippen molar-refractivity contribution in [3.8, 4) is 34.0 Å². The van der Waals surface area contributed by atoms with E-state index in [0.717, 1.165) is 16.7 Å². The average molecular weight is 388 g/mol. The van der Waals surface area contributed by atoms with Crippen molar-refractivity contribution in [1.82, 2.24) is 10.1 Å². The fraction of sp³-hybridized carbons (Fsp3) is 0.0870. The van der Waals surface area contributed by atoms with Gasteiger partial charge in [-0.3, -0.25) is 0 Å². The minimum Gasteiger partial charge on any atom is -0.465 e. The van der Waals surface area contributed by atoms with Crippen molar-refractivity contribution in [3.63, 3.8) is 0 Å². The van der Waals surface area contributed by atoms with Crippen molar-refractivity contribution in [2.75, 3.05) is 7.11 Å². The first-order chi connectivity index (χ1) is 14.1. The maximum absolute atomic E-state index is 14.2. The third-order valence-electron chi connectivity index (χ3n) is 4.65. The van der Waals surface area contributed by atoms with Gasteiger partial charge in [-0.2, -0.15) is 4.98 Å². The molecule has 6 heteroatoms. The van der Waals surface area contributed by atoms with Gasteiger partial charge in [-0.1, -0.05) is 41.6 Å². The molecule has 0 fully saturated rings. The number of hydrogen-bond donors (Lipinski definition) is 0. The third-order valence-corrected chi connectivity index (χ3v) is 4.65. The van der Waals surface area contributed by atoms with Gasteiger partial charge < -0.3 is 9.26 Å². The topological polar surface area (TPSA) is 65.2 Å². The SMILES string of the molecule is COC(=O)c1ccc(-c2noc(-c3ccc(-c4ccccc4C)cc3)n2)cc1F. The zero-order valence-corrected chi connectivity index (χ0v) is 15.8. The molecule has 0 aliphatic rings. The zero-order chi connectivity index (χ0) is 20.4. The summed E-state index contributed by atoms with van der Waals surface area (Å²) in [5.74, 6) is -0.882. The minimum absolute atomic E-state index is 0.147. The van der Waals surface area contributed by atoms with Crippen LogP contribution in [0.4, 0.5) is 4.39 Å². The molecule has 0 amide bonds. The molecule has 0 radical (unpaired) electrons. The first-order valence-corrected chi connectivity index (χ1v) is 8.95. The van der Waals surface area contributed by atoms with Crippen molar-refractivity contribution in [1.29, 1.82) is 0 Å². The lowest BCUT2D eigenvalue weighted by atomic mass is 10.00. The predicted molar refractivity (Wildman–Crippen MR) is 107 cm³/mol. The lowest BCUT2D eigenvalue weighted by molar-refractivity contribution is 0.0595. The van der Waals surface area contributed by atoms with Crippen molar-refractivity contribution in [2.24, 2.45) is 0 Å². The second-order valence-electron chi connectivity index (χ2n) is 6.50. The highest BCUT2D eigenvalue weighted by atomic mass is 19.1. The molecule has 144 valence electrons. The van der Waals surface area contributed by atoms with Crippen LogP contribution in [0.5, 0.6) is 0 Å². The maximum atomic E-state index is 14.2. The number of carbonyl (C=O) groups is 1. The van der Waals surface area contributed by atoms with Crippen LogP contribution in [-0.2, 0) is 4.74 Å². The number of esters is 1. The second-order valence-corrected chi connectivity index (χ2v) is 6.50. The molecule has 0 unspecified atom stereocenters. The van der Waals surface area contributed by atoms with E-state index >= 15 is 0 Å². The van der Waals surface area contributed by atoms with Crippen molar-refractivity contribution in [2.45, 2.75) is 6.92 Å². The lowest BCUT2D eigenvalue weighted by Gasteiger charge is -2.05. The van der Waals surface area contributed by atoms with Crippen LogP contribution in [0.15, 0.2) is 71.3 Å². The van der Waals surface area contributed by atoms with E-state index in [-0.39, 0.29) is 11.4 Å². The van der Waals surface area contributed by atoms with Crippen LogP contribution in [0, 0.1) is 12.7 Å². The summed E-state index contributed by atoms with van der Waals surface area (Å²) in [5.41, 5.74) is 4.46. The van der Waals surface area contributed by atoms with Crippen LogP contribution in [0.25, 0.3) is 34.0 Å². The Morgan fingerprint density at radius 1 is 0.966 bits per heavy atom. The van der Waals surface area contributed by atoms with E-state index in [4.69, 9.17) is 4.52 Å². The van der Waals surface area contributed by atoms with Gasteiger partial charge in [0.25, 0.3) is 5.89 Å². The van der Waals surface area contributed by atoms with Crippen LogP contribution < -0.4 is 0 Å². The maximum Gasteiger partial charge on any atom is 0.340 e. The quantitative estimate of drug-likeness (QED) is 0.444. The molecule has 1 aromatic heterocycles. The fourth-order valence-corrected chi connectivity index (χ4v) is 3.08. The third kappa shape index (κ3) is 3.65. The van der Waals surface area contributed by atoms with Crippen LogP contribution >= 0.6 is 0 Å². The van der Waals surface area contributed by atoms with Gasteiger partial charge in [-0.05, 0) is 53.9 Å². The highest BCUT2D eigenvalue weighted by molar-refractivity contribution is 5.90. The highest BCUT2D eigenvalue weighted by Gasteiger charge is 2.16. The summed E-state index contributed by atoms with van der Waals surface area (Å²) in [6.45, 7) is 2.07. The molecule has 4 rings (SSSR count). The number of aryl methyl sites for hydroxylation is 1. The molecule has 0 saturated carbocycles. The monoisotopic (exact) mass is 388 g/mol. The summed E-state index contributed by atoms with van der Waals surface area (Å²) in [6, 6.07) is 20.0. The van der Waals surface area contributed by atoms with Gasteiger partial charge in [0.2, 0.25) is 5.82 Å². The van der Waals surface area contributed by atoms with Gasteiger partial charge in [0.05, 0.1) is 12.7 Å². The van der Waals surface area contributed by atoms with Crippen molar-refractivity contribution < 1.29 is 18.4 Å². The van der Waals surface area contributed by atoms with Crippen LogP contribution in [-0.4, -0.2) is 23.2 Å². The number of benzene rings is 3. The summed E-state index contributed by atoms with van der Waals surface area (Å²) in [5, 5.41) is 3.92. The van der Waals surface area contributed by atoms with Gasteiger partial charge in [-0.25, -0.2) is 9.18 Å². The first-order valence-electron chi connectivity index (χ1n) is 8.95. The molecule has 0 N–H and O–H groups in total. The molecule has 0 aliphatic heterocycles. The van der Waals surface area contributed by atoms with Gasteiger partial charge >= 0.3 is 5.97 Å². The van der Waals surface area contributed by atoms with E-state index < -0.39 is 11.8 Å². The number of hydrogen-bond acceptors (Lipinski definition) is 5. The lowest BCUT2D eigenvalue weighted by Crippen LogP contribution is -2.04. The number of aromatic nitrogens is 2. The molecule has 0 bridgehead atoms. The van der Waals surface area contributed by atoms with Crippen molar-refractivity contribution in [3.05, 3.63) is 83.7 Å². The van der Waals surface area contributed by atoms with Crippen LogP contribution in [0.1, 0.15) is 15.9 Å². The number of ether oxygens (including phenoxy) is 1. The van der Waals surface area contributed by atoms with Crippen LogP contribution in [0.2, 0.25) is 0 Å². The van der Waals surface area contributed by atoms with Gasteiger partial charge in [-0.15, -0.1) is 0 Å². The van der Waals surface area contributed by atoms with Gasteiger partial charge in [0, 0.05) is 11.1 Å². The minimum atomic E-state index is -0.739. The molecule has 3 aromatic carbocycles. The molecular weight excluding hydrogens is 371 g/mol. The molecule has 5 nitrogen and oxygen atoms in total. The molecular formula is C23H17FN2O3. The summed E-state index contributed by atoms with van der Waals surface area (Å²) in [6.07, 6.45) is 0. The molecule has 0 atom stereocenters. The Bertz CT molecular complexity index is 1180. The molecule has 0 aliphatic carbocycles. The predicted octanol–water partition coefficient (Wildman–Crippen LogP) is 5.30. The molecule has 4 aromatic rings. The smallest absolute Gasteiger partial charge is 0.340 e. The Balaban J connectivity index is 1.60. The number of halogens is 1. The summed E-state index contributed by atoms with van der Waals surface area (Å²) in [7, 11) is 1.20. The Kier molecular flexibility index (Phi) is 4.91. The van der Waals surface area contributed by atoms with Gasteiger partial charge in [0.1, 0.15) is 5.82 Å². The summed E-state index contributed by atoms with van der Waals surface area (Å²) in [4.78, 5) is 15.9. The Morgan fingerprint density at radius 2 is 1.66 bits per heavy atom. The van der Waals surface area contributed by atoms with E-state index in [1.165, 1.54) is 24.8 Å². The van der Waals surface area contributed by atoms with Crippen molar-refractivity contribution >= 4 is 5.97 Å². The normalized spacial score (nSPS) is 10.7. The molecule has 0 spiro atoms. The molecule has 29 heavy (non-hydrogen) atoms. The van der Waals surface area contributed by atoms with E-state index in [2.05, 4.69) is 33.9 Å². The molecule has 1 heterocycles. The average Bonchev–Trinajstić information content (AvgIpc) is 3.24. The van der Waals surface area contributed by atoms with E-state index in [1.54, 1.807) is 6.07 Å². The summed E-state index contributed by atoms with van der Waals surface area (Å²) >= 11 is 0. The number of methoxy groups -OCH3 is 1. The Hall–Kier alpha value is -3.80. The zero-order valence-electron chi connectivity index (χ0n) is 15.8. The fourth-order valence-electron chi connectivity index (χ4n) is 3.08. The number of nitrogens with zero attached hydrogens (tertiary/aromatic N) is 2. The Labute approximate surface area is 166 Å². The molecule has 0 saturated heterocycles. The highest BCUT2D eigenvalue weighted by Crippen LogP contribution is 2.28. The second kappa shape index (κ2) is 7.67. The first kappa shape index (κ1) is 18.6. The van der Waals surface area contributed by atoms with E-state index in [0.29, 0.717) is 11.5 Å². The number of carbonyl (C=O) groups excluding carboxylic acids is 1. The van der Waals surface area contributed by atoms with E-state index in [1.807, 2.05) is 36.4 Å². The van der Waals surface area contributed by atoms with Gasteiger partial charge in [0.15, 0.2) is 0 Å². The summed E-state index contributed by atoms with van der Waals surface area (Å²) < 4.78 is 24.0.